The van der Waals surface area contributed by atoms with E-state index < -0.39 is 0 Å². The van der Waals surface area contributed by atoms with Gasteiger partial charge >= 0.3 is 0 Å². The highest BCUT2D eigenvalue weighted by atomic mass is 16.5. The van der Waals surface area contributed by atoms with E-state index in [1.54, 1.807) is 13.2 Å². The predicted octanol–water partition coefficient (Wildman–Crippen LogP) is 4.04. The Kier molecular flexibility index (Phi) is 7.16. The highest BCUT2D eigenvalue weighted by Crippen LogP contribution is 2.34. The summed E-state index contributed by atoms with van der Waals surface area (Å²) in [5.74, 6) is 0.356. The highest BCUT2D eigenvalue weighted by Gasteiger charge is 2.33. The van der Waals surface area contributed by atoms with Gasteiger partial charge in [-0.25, -0.2) is 5.01 Å². The van der Waals surface area contributed by atoms with Gasteiger partial charge in [0.25, 0.3) is 0 Å². The first kappa shape index (κ1) is 24.5. The van der Waals surface area contributed by atoms with E-state index in [4.69, 9.17) is 9.84 Å². The van der Waals surface area contributed by atoms with Crippen LogP contribution in [0.15, 0.2) is 76.6 Å². The van der Waals surface area contributed by atoms with Crippen LogP contribution in [-0.2, 0) is 16.0 Å². The molecule has 1 aliphatic carbocycles. The molecule has 2 N–H and O–H groups in total. The number of H-pyrrole nitrogens is 1. The fraction of sp³-hybridized carbons (Fsp3) is 0.310. The summed E-state index contributed by atoms with van der Waals surface area (Å²) in [6.07, 6.45) is 3.18. The molecular weight excluding hydrogens is 468 g/mol. The number of carbonyl (C=O) groups excluding carboxylic acids is 2. The van der Waals surface area contributed by atoms with E-state index in [-0.39, 0.29) is 42.3 Å². The number of hydrogen-bond acceptors (Lipinski definition) is 5. The molecular formula is C29H30N4O4. The van der Waals surface area contributed by atoms with Gasteiger partial charge in [0.05, 0.1) is 24.9 Å². The standard InChI is InChI=1S/C29H30N4O4/c1-37-21-12-10-20(11-13-21)26-18-25(19-6-3-2-4-7-19)32-33(26)29(36)17-16-28(35)31-24-9-5-8-23-22(24)14-15-27(34)30-23/h2-4,6-7,10-15,24,26H,5,8-9,16-18H2,1H3,(H,30,34)(H,31,35)/t24-,26-/m0/s1. The molecule has 8 heteroatoms. The van der Waals surface area contributed by atoms with Gasteiger partial charge in [-0.3, -0.25) is 14.4 Å². The van der Waals surface area contributed by atoms with Gasteiger partial charge in [0, 0.05) is 31.0 Å². The molecule has 5 rings (SSSR count). The zero-order valence-electron chi connectivity index (χ0n) is 20.8. The van der Waals surface area contributed by atoms with E-state index in [9.17, 15) is 14.4 Å². The maximum atomic E-state index is 13.3. The van der Waals surface area contributed by atoms with E-state index in [1.165, 1.54) is 11.1 Å². The number of methoxy groups -OCH3 is 1. The number of ether oxygens (including phenoxy) is 1. The summed E-state index contributed by atoms with van der Waals surface area (Å²) < 4.78 is 5.28. The minimum absolute atomic E-state index is 0.0509. The van der Waals surface area contributed by atoms with Crippen molar-refractivity contribution in [1.82, 2.24) is 15.3 Å². The second-order valence-corrected chi connectivity index (χ2v) is 9.41. The summed E-state index contributed by atoms with van der Waals surface area (Å²) in [6.45, 7) is 0. The lowest BCUT2D eigenvalue weighted by molar-refractivity contribution is -0.135. The van der Waals surface area contributed by atoms with Crippen LogP contribution in [0.2, 0.25) is 0 Å². The zero-order chi connectivity index (χ0) is 25.8. The summed E-state index contributed by atoms with van der Waals surface area (Å²) in [5.41, 5.74) is 4.46. The number of aryl methyl sites for hydroxylation is 1. The van der Waals surface area contributed by atoms with Gasteiger partial charge < -0.3 is 15.0 Å². The predicted molar refractivity (Wildman–Crippen MR) is 140 cm³/mol. The Bertz CT molecular complexity index is 1360. The Labute approximate surface area is 215 Å². The third kappa shape index (κ3) is 5.48. The fourth-order valence-corrected chi connectivity index (χ4v) is 5.08. The third-order valence-electron chi connectivity index (χ3n) is 7.01. The smallest absolute Gasteiger partial charge is 0.248 e. The van der Waals surface area contributed by atoms with Crippen LogP contribution in [0.3, 0.4) is 0 Å². The highest BCUT2D eigenvalue weighted by molar-refractivity contribution is 6.03. The average molecular weight is 499 g/mol. The fourth-order valence-electron chi connectivity index (χ4n) is 5.08. The number of benzene rings is 2. The zero-order valence-corrected chi connectivity index (χ0v) is 20.8. The van der Waals surface area contributed by atoms with Gasteiger partial charge in [-0.05, 0) is 54.2 Å². The number of amides is 2. The van der Waals surface area contributed by atoms with Crippen molar-refractivity contribution in [2.75, 3.05) is 7.11 Å². The molecule has 190 valence electrons. The van der Waals surface area contributed by atoms with Crippen LogP contribution < -0.4 is 15.6 Å². The normalized spacial score (nSPS) is 18.6. The molecule has 2 atom stereocenters. The Morgan fingerprint density at radius 2 is 1.84 bits per heavy atom. The Balaban J connectivity index is 1.28. The molecule has 37 heavy (non-hydrogen) atoms. The first-order valence-corrected chi connectivity index (χ1v) is 12.6. The van der Waals surface area contributed by atoms with Crippen molar-refractivity contribution in [2.24, 2.45) is 5.10 Å². The largest absolute Gasteiger partial charge is 0.497 e. The first-order chi connectivity index (χ1) is 18.0. The van der Waals surface area contributed by atoms with Crippen LogP contribution in [-0.4, -0.2) is 34.6 Å². The van der Waals surface area contributed by atoms with E-state index in [1.807, 2.05) is 54.6 Å². The molecule has 0 radical (unpaired) electrons. The van der Waals surface area contributed by atoms with Gasteiger partial charge in [0.2, 0.25) is 17.4 Å². The number of rotatable bonds is 7. The lowest BCUT2D eigenvalue weighted by atomic mass is 9.91. The Morgan fingerprint density at radius 1 is 1.05 bits per heavy atom. The van der Waals surface area contributed by atoms with Crippen molar-refractivity contribution < 1.29 is 14.3 Å². The van der Waals surface area contributed by atoms with Gasteiger partial charge in [0.1, 0.15) is 5.75 Å². The van der Waals surface area contributed by atoms with Crippen molar-refractivity contribution in [3.05, 3.63) is 99.5 Å². The molecule has 0 bridgehead atoms. The number of pyridine rings is 1. The number of nitrogens with one attached hydrogen (secondary N) is 2. The van der Waals surface area contributed by atoms with E-state index >= 15 is 0 Å². The molecule has 2 heterocycles. The van der Waals surface area contributed by atoms with Crippen LogP contribution in [0.1, 0.15) is 66.6 Å². The minimum atomic E-state index is -0.251. The molecule has 0 saturated carbocycles. The van der Waals surface area contributed by atoms with Crippen LogP contribution in [0.4, 0.5) is 0 Å². The van der Waals surface area contributed by atoms with Crippen LogP contribution in [0, 0.1) is 0 Å². The van der Waals surface area contributed by atoms with Crippen molar-refractivity contribution in [2.45, 2.75) is 50.6 Å². The maximum absolute atomic E-state index is 13.3. The lowest BCUT2D eigenvalue weighted by Gasteiger charge is -2.26. The van der Waals surface area contributed by atoms with Crippen molar-refractivity contribution >= 4 is 17.5 Å². The Hall–Kier alpha value is -4.20. The topological polar surface area (TPSA) is 104 Å². The van der Waals surface area contributed by atoms with Crippen molar-refractivity contribution in [3.63, 3.8) is 0 Å². The number of carbonyl (C=O) groups is 2. The summed E-state index contributed by atoms with van der Waals surface area (Å²) in [4.78, 5) is 40.7. The molecule has 3 aromatic rings. The Morgan fingerprint density at radius 3 is 2.59 bits per heavy atom. The van der Waals surface area contributed by atoms with E-state index in [0.29, 0.717) is 6.42 Å². The minimum Gasteiger partial charge on any atom is -0.497 e. The summed E-state index contributed by atoms with van der Waals surface area (Å²) >= 11 is 0. The van der Waals surface area contributed by atoms with Gasteiger partial charge in [-0.2, -0.15) is 5.10 Å². The maximum Gasteiger partial charge on any atom is 0.248 e. The molecule has 1 aromatic heterocycles. The summed E-state index contributed by atoms with van der Waals surface area (Å²) in [7, 11) is 1.62. The number of aromatic nitrogens is 1. The quantitative estimate of drug-likeness (QED) is 0.513. The van der Waals surface area contributed by atoms with Crippen molar-refractivity contribution in [1.29, 1.82) is 0 Å². The molecule has 2 aliphatic rings. The molecule has 2 aromatic carbocycles. The second-order valence-electron chi connectivity index (χ2n) is 9.41. The lowest BCUT2D eigenvalue weighted by Crippen LogP contribution is -2.33. The molecule has 0 fully saturated rings. The van der Waals surface area contributed by atoms with Gasteiger partial charge in [-0.15, -0.1) is 0 Å². The number of hydrazone groups is 1. The molecule has 0 unspecified atom stereocenters. The van der Waals surface area contributed by atoms with Crippen LogP contribution >= 0.6 is 0 Å². The van der Waals surface area contributed by atoms with E-state index in [2.05, 4.69) is 10.3 Å². The van der Waals surface area contributed by atoms with Crippen LogP contribution in [0.5, 0.6) is 5.75 Å². The number of aromatic amines is 1. The number of nitrogens with zero attached hydrogens (tertiary/aromatic N) is 2. The van der Waals surface area contributed by atoms with Crippen molar-refractivity contribution in [3.8, 4) is 5.75 Å². The molecule has 1 aliphatic heterocycles. The van der Waals surface area contributed by atoms with Gasteiger partial charge in [-0.1, -0.05) is 42.5 Å². The average Bonchev–Trinajstić information content (AvgIpc) is 3.38. The molecule has 0 spiro atoms. The molecule has 0 saturated heterocycles. The number of fused-ring (bicyclic) bond motifs is 1. The monoisotopic (exact) mass is 498 g/mol. The van der Waals surface area contributed by atoms with Gasteiger partial charge in [0.15, 0.2) is 0 Å². The molecule has 8 nitrogen and oxygen atoms in total. The van der Waals surface area contributed by atoms with E-state index in [0.717, 1.165) is 53.1 Å². The second kappa shape index (κ2) is 10.8. The van der Waals surface area contributed by atoms with Crippen LogP contribution in [0.25, 0.3) is 0 Å². The first-order valence-electron chi connectivity index (χ1n) is 12.6. The number of hydrogen-bond donors (Lipinski definition) is 2. The third-order valence-corrected chi connectivity index (χ3v) is 7.01. The molecule has 2 amide bonds. The SMILES string of the molecule is COc1ccc([C@@H]2CC(c3ccccc3)=NN2C(=O)CCC(=O)N[C@H]2CCCc3[nH]c(=O)ccc32)cc1. The summed E-state index contributed by atoms with van der Waals surface area (Å²) in [6, 6.07) is 20.3. The summed E-state index contributed by atoms with van der Waals surface area (Å²) in [5, 5.41) is 9.27.